The van der Waals surface area contributed by atoms with Crippen LogP contribution >= 0.6 is 25.5 Å². The summed E-state index contributed by atoms with van der Waals surface area (Å²) >= 11 is 1.62. The summed E-state index contributed by atoms with van der Waals surface area (Å²) in [7, 11) is 5.48. The molecule has 0 unspecified atom stereocenters. The first-order valence-electron chi connectivity index (χ1n) is 16.0. The van der Waals surface area contributed by atoms with Gasteiger partial charge in [0.05, 0.1) is 51.3 Å². The quantitative estimate of drug-likeness (QED) is 0.0314. The van der Waals surface area contributed by atoms with Gasteiger partial charge in [0.25, 0.3) is 0 Å². The number of esters is 2. The number of unbranched alkanes of at least 4 members (excludes halogenated alkanes) is 1. The Balaban J connectivity index is -0.000000950. The first-order chi connectivity index (χ1) is 25.0. The van der Waals surface area contributed by atoms with Crippen molar-refractivity contribution in [3.05, 3.63) is 139 Å². The first-order valence-corrected chi connectivity index (χ1v) is 21.8. The molecule has 0 fully saturated rings. The topological polar surface area (TPSA) is 124 Å². The Morgan fingerprint density at radius 3 is 1.10 bits per heavy atom. The molecule has 0 aliphatic carbocycles. The van der Waals surface area contributed by atoms with Crippen molar-refractivity contribution in [2.45, 2.75) is 12.8 Å². The van der Waals surface area contributed by atoms with Gasteiger partial charge in [0.15, 0.2) is 0 Å². The molecule has 0 spiro atoms. The first kappa shape index (κ1) is 47.9. The van der Waals surface area contributed by atoms with E-state index in [2.05, 4.69) is 147 Å². The van der Waals surface area contributed by atoms with Crippen LogP contribution in [0, 0.1) is 0 Å². The molecule has 0 radical (unpaired) electrons. The van der Waals surface area contributed by atoms with Crippen molar-refractivity contribution in [2.75, 3.05) is 52.8 Å². The van der Waals surface area contributed by atoms with E-state index < -0.39 is 27.8 Å². The minimum atomic E-state index is -0.789. The Labute approximate surface area is 322 Å². The second-order valence-electron chi connectivity index (χ2n) is 10.1. The summed E-state index contributed by atoms with van der Waals surface area (Å²) < 4.78 is 8.42. The van der Waals surface area contributed by atoms with E-state index in [1.807, 2.05) is 0 Å². The Morgan fingerprint density at radius 1 is 0.627 bits per heavy atom. The molecule has 4 rings (SSSR count). The van der Waals surface area contributed by atoms with Crippen LogP contribution < -0.4 is 21.2 Å². The average molecular weight is 847 g/mol. The molecule has 51 heavy (non-hydrogen) atoms. The predicted octanol–water partition coefficient (Wildman–Crippen LogP) is 5.37. The number of carbonyl (C=O) groups excluding carboxylic acids is 3. The maximum absolute atomic E-state index is 10.3. The third-order valence-electron chi connectivity index (χ3n) is 6.85. The Morgan fingerprint density at radius 2 is 0.882 bits per heavy atom. The van der Waals surface area contributed by atoms with Crippen LogP contribution in [0.5, 0.6) is 0 Å². The maximum atomic E-state index is 10.3. The van der Waals surface area contributed by atoms with E-state index in [0.717, 1.165) is 50.4 Å². The van der Waals surface area contributed by atoms with Gasteiger partial charge >= 0.3 is 38.9 Å². The van der Waals surface area contributed by atoms with Crippen LogP contribution in [0.4, 0.5) is 0 Å². The third kappa shape index (κ3) is 22.4. The Hall–Kier alpha value is -3.12. The zero-order chi connectivity index (χ0) is 38.0. The Bertz CT molecular complexity index is 1250. The zero-order valence-corrected chi connectivity index (χ0v) is 33.7. The third-order valence-corrected chi connectivity index (χ3v) is 12.4. The fourth-order valence-electron chi connectivity index (χ4n) is 4.46. The summed E-state index contributed by atoms with van der Waals surface area (Å²) in [5.74, 6) is -1.16. The van der Waals surface area contributed by atoms with Gasteiger partial charge in [-0.15, -0.1) is 13.1 Å². The number of nitrogens with zero attached hydrogens (tertiary/aromatic N) is 1. The number of hydrogen-bond donors (Lipinski definition) is 2. The van der Waals surface area contributed by atoms with E-state index in [1.54, 1.807) is 17.3 Å². The summed E-state index contributed by atoms with van der Waals surface area (Å²) in [6.45, 7) is 5.52. The average Bonchev–Trinajstić information content (AvgIpc) is 3.22. The number of halogens is 1. The van der Waals surface area contributed by atoms with Crippen molar-refractivity contribution >= 4 is 65.5 Å². The van der Waals surface area contributed by atoms with Crippen LogP contribution in [0.15, 0.2) is 133 Å². The molecule has 0 aliphatic rings. The largest absolute Gasteiger partial charge is 0.656 e. The van der Waals surface area contributed by atoms with Crippen LogP contribution in [0.25, 0.3) is 5.32 Å². The van der Waals surface area contributed by atoms with Crippen molar-refractivity contribution in [3.8, 4) is 0 Å². The van der Waals surface area contributed by atoms with Gasteiger partial charge < -0.3 is 29.8 Å². The van der Waals surface area contributed by atoms with E-state index in [1.165, 1.54) is 35.4 Å². The number of aliphatic hydroxyl groups excluding tert-OH is 2. The van der Waals surface area contributed by atoms with Gasteiger partial charge in [0.1, 0.15) is 0 Å². The molecule has 0 bridgehead atoms. The monoisotopic (exact) mass is 847 g/mol. The molecule has 0 aliphatic heterocycles. The van der Waals surface area contributed by atoms with Crippen LogP contribution in [-0.4, -0.2) is 81.8 Å². The predicted molar refractivity (Wildman–Crippen MR) is 219 cm³/mol. The summed E-state index contributed by atoms with van der Waals surface area (Å²) in [6.07, 6.45) is 5.72. The molecule has 8 nitrogen and oxygen atoms in total. The van der Waals surface area contributed by atoms with E-state index in [-0.39, 0.29) is 16.1 Å². The molecule has 12 heteroatoms. The maximum Gasteiger partial charge on any atom is 0.0966 e. The number of hydrogen-bond acceptors (Lipinski definition) is 7. The molecule has 0 amide bonds. The molecular weight excluding hydrogens is 793 g/mol. The van der Waals surface area contributed by atoms with Gasteiger partial charge in [-0.1, -0.05) is 72.8 Å². The minimum absolute atomic E-state index is 0. The van der Waals surface area contributed by atoms with E-state index in [9.17, 15) is 9.59 Å². The molecule has 0 heterocycles. The van der Waals surface area contributed by atoms with E-state index in [0.29, 0.717) is 0 Å². The molecule has 4 aromatic carbocycles. The normalized spacial score (nSPS) is 9.88. The van der Waals surface area contributed by atoms with Crippen molar-refractivity contribution in [1.29, 1.82) is 0 Å². The van der Waals surface area contributed by atoms with Crippen molar-refractivity contribution in [2.24, 2.45) is 0 Å². The standard InChI is InChI=1S/C28H28NP2.C6H8O4.C4H10O2.CHO.ClH.Ru.2H2.H/c1-5-13-25(14-6-1)30(26-15-7-2-8-16-26)23-21-29-22-24-31(27-17-9-3-10-18-27)28-19-11-4-12-20-28;1-9-5(7)3-4-6(8)10-2;5-3-1-2-4-6;1-2;;;;;/h1-20H,21-24H2;3-4H,1-2H3;5-6H,1-4H2;1H;1H;;2*1H;/q-1;;;-1;;+3;;;/p+1/b;4-3-;;;;;;;. The molecule has 280 valence electrons. The molecule has 2 N–H and O–H groups in total. The number of rotatable bonds is 15. The molecule has 0 aromatic heterocycles. The summed E-state index contributed by atoms with van der Waals surface area (Å²) in [5.41, 5.74) is 0. The summed E-state index contributed by atoms with van der Waals surface area (Å²) in [6, 6.07) is 44.0. The minimum Gasteiger partial charge on any atom is -0.656 e. The van der Waals surface area contributed by atoms with Gasteiger partial charge in [-0.2, -0.15) is 0 Å². The smallest absolute Gasteiger partial charge is 0.0966 e. The van der Waals surface area contributed by atoms with E-state index in [4.69, 9.17) is 20.3 Å². The number of ether oxygens (including phenoxy) is 2. The molecule has 0 saturated heterocycles. The van der Waals surface area contributed by atoms with Crippen molar-refractivity contribution in [3.63, 3.8) is 0 Å². The molecular formula is C39H54ClNO7P2Ru+2. The summed E-state index contributed by atoms with van der Waals surface area (Å²) in [5, 5.41) is 27.1. The van der Waals surface area contributed by atoms with Gasteiger partial charge in [-0.3, -0.25) is 6.79 Å². The fourth-order valence-corrected chi connectivity index (χ4v) is 9.42. The number of methoxy groups -OCH3 is 2. The van der Waals surface area contributed by atoms with Crippen LogP contribution in [0.1, 0.15) is 15.7 Å². The van der Waals surface area contributed by atoms with Crippen LogP contribution in [0.3, 0.4) is 0 Å². The van der Waals surface area contributed by atoms with Crippen molar-refractivity contribution < 1.29 is 54.2 Å². The van der Waals surface area contributed by atoms with Gasteiger partial charge in [0, 0.05) is 40.5 Å². The zero-order valence-electron chi connectivity index (χ0n) is 29.1. The molecule has 4 aromatic rings. The van der Waals surface area contributed by atoms with Crippen molar-refractivity contribution in [1.82, 2.24) is 0 Å². The SMILES string of the molecule is COC(=O)/C=C\C(=O)OC.OCCCCO.[CH-]=O.[Cl][RuH+2].[HH].[HH].c1ccc([PH+](CC[N-]CC[PH+](c2ccccc2)c2ccccc2)c2ccccc2)cc1. The second kappa shape index (κ2) is 34.0. The number of benzene rings is 4. The summed E-state index contributed by atoms with van der Waals surface area (Å²) in [4.78, 5) is 28.4. The van der Waals surface area contributed by atoms with Crippen LogP contribution in [-0.2, 0) is 41.2 Å². The fraction of sp³-hybridized carbons (Fsp3) is 0.256. The number of aliphatic hydroxyl groups is 2. The van der Waals surface area contributed by atoms with Gasteiger partial charge in [0.2, 0.25) is 0 Å². The van der Waals surface area contributed by atoms with Gasteiger partial charge in [-0.05, 0) is 61.4 Å². The number of carbonyl (C=O) groups is 2. The van der Waals surface area contributed by atoms with Gasteiger partial charge in [-0.25, -0.2) is 9.59 Å². The second-order valence-corrected chi connectivity index (χ2v) is 15.3. The molecule has 0 atom stereocenters. The van der Waals surface area contributed by atoms with E-state index >= 15 is 0 Å². The Kier molecular flexibility index (Phi) is 31.9. The molecule has 0 saturated carbocycles. The van der Waals surface area contributed by atoms with Crippen LogP contribution in [0.2, 0.25) is 0 Å².